The van der Waals surface area contributed by atoms with Gasteiger partial charge in [0.15, 0.2) is 5.78 Å². The molecule has 0 saturated heterocycles. The van der Waals surface area contributed by atoms with Gasteiger partial charge in [-0.1, -0.05) is 65.8 Å². The third kappa shape index (κ3) is 9.33. The first-order chi connectivity index (χ1) is 19.4. The number of hydrogen-bond donors (Lipinski definition) is 0. The molecular weight excluding hydrogens is 553 g/mol. The normalized spacial score (nSPS) is 13.3. The van der Waals surface area contributed by atoms with Crippen LogP contribution in [0.5, 0.6) is 11.5 Å². The van der Waals surface area contributed by atoms with Crippen molar-refractivity contribution in [2.24, 2.45) is 0 Å². The van der Waals surface area contributed by atoms with Gasteiger partial charge in [0.05, 0.1) is 0 Å². The van der Waals surface area contributed by atoms with Gasteiger partial charge in [0, 0.05) is 12.8 Å². The maximum atomic E-state index is 12.7. The van der Waals surface area contributed by atoms with E-state index in [1.54, 1.807) is 6.08 Å². The SMILES string of the molecule is C/C(=C\C(=O)CCc1ccc(O[Si](C)(C)C(C)(C)C)cc1)c1ccc(CCc2ccc(O[Si](C)(C)C(C)(C)C)cc2)o1. The molecule has 0 aliphatic heterocycles. The van der Waals surface area contributed by atoms with Crippen molar-refractivity contribution in [3.63, 3.8) is 0 Å². The Hall–Kier alpha value is -2.84. The van der Waals surface area contributed by atoms with E-state index in [0.717, 1.165) is 47.0 Å². The maximum Gasteiger partial charge on any atom is 0.250 e. The molecule has 0 spiro atoms. The van der Waals surface area contributed by atoms with E-state index in [2.05, 4.69) is 104 Å². The van der Waals surface area contributed by atoms with Gasteiger partial charge in [-0.3, -0.25) is 4.79 Å². The molecule has 0 bridgehead atoms. The maximum absolute atomic E-state index is 12.7. The number of furan rings is 1. The second-order valence-electron chi connectivity index (χ2n) is 14.6. The van der Waals surface area contributed by atoms with Crippen molar-refractivity contribution in [1.82, 2.24) is 0 Å². The van der Waals surface area contributed by atoms with Crippen LogP contribution >= 0.6 is 0 Å². The van der Waals surface area contributed by atoms with Crippen LogP contribution in [0.15, 0.2) is 71.2 Å². The Balaban J connectivity index is 1.49. The van der Waals surface area contributed by atoms with Crippen molar-refractivity contribution in [2.45, 2.75) is 110 Å². The van der Waals surface area contributed by atoms with Gasteiger partial charge in [-0.25, -0.2) is 0 Å². The van der Waals surface area contributed by atoms with E-state index in [1.807, 2.05) is 31.2 Å². The standard InChI is InChI=1S/C36H52O4Si2/c1-27(26-30(37)18-12-28-14-20-32(21-15-28)39-41(8,9)35(2,3)4)34-25-24-31(38-34)19-13-29-16-22-33(23-17-29)40-42(10,11)36(5,6)7/h14-17,20-26H,12-13,18-19H2,1-11H3/b27-26+. The van der Waals surface area contributed by atoms with Crippen LogP contribution in [0.3, 0.4) is 0 Å². The fourth-order valence-electron chi connectivity index (χ4n) is 3.99. The van der Waals surface area contributed by atoms with Crippen molar-refractivity contribution in [2.75, 3.05) is 0 Å². The highest BCUT2D eigenvalue weighted by Crippen LogP contribution is 2.38. The molecule has 42 heavy (non-hydrogen) atoms. The summed E-state index contributed by atoms with van der Waals surface area (Å²) in [4.78, 5) is 12.7. The number of benzene rings is 2. The molecule has 0 aliphatic carbocycles. The van der Waals surface area contributed by atoms with Crippen molar-refractivity contribution in [1.29, 1.82) is 0 Å². The molecule has 0 aliphatic rings. The average molecular weight is 605 g/mol. The smallest absolute Gasteiger partial charge is 0.250 e. The molecule has 0 unspecified atom stereocenters. The highest BCUT2D eigenvalue weighted by molar-refractivity contribution is 6.75. The fourth-order valence-corrected chi connectivity index (χ4v) is 6.05. The van der Waals surface area contributed by atoms with Gasteiger partial charge in [0.1, 0.15) is 23.0 Å². The van der Waals surface area contributed by atoms with E-state index in [-0.39, 0.29) is 15.9 Å². The summed E-state index contributed by atoms with van der Waals surface area (Å²) in [6.07, 6.45) is 4.56. The molecule has 0 fully saturated rings. The van der Waals surface area contributed by atoms with Crippen LogP contribution in [0.1, 0.15) is 77.5 Å². The summed E-state index contributed by atoms with van der Waals surface area (Å²) in [6.45, 7) is 24.5. The zero-order valence-electron chi connectivity index (χ0n) is 27.8. The first-order valence-corrected chi connectivity index (χ1v) is 21.0. The van der Waals surface area contributed by atoms with E-state index in [1.165, 1.54) is 5.56 Å². The lowest BCUT2D eigenvalue weighted by Gasteiger charge is -2.36. The number of ketones is 1. The van der Waals surface area contributed by atoms with Gasteiger partial charge in [0.2, 0.25) is 16.6 Å². The third-order valence-electron chi connectivity index (χ3n) is 8.95. The molecule has 3 aromatic rings. The van der Waals surface area contributed by atoms with Gasteiger partial charge >= 0.3 is 0 Å². The second-order valence-corrected chi connectivity index (χ2v) is 24.0. The van der Waals surface area contributed by atoms with Crippen molar-refractivity contribution in [3.05, 3.63) is 89.4 Å². The quantitative estimate of drug-likeness (QED) is 0.152. The lowest BCUT2D eigenvalue weighted by Crippen LogP contribution is -2.43. The summed E-state index contributed by atoms with van der Waals surface area (Å²) in [5.41, 5.74) is 3.24. The van der Waals surface area contributed by atoms with E-state index < -0.39 is 16.6 Å². The zero-order chi connectivity index (χ0) is 31.3. The highest BCUT2D eigenvalue weighted by atomic mass is 28.4. The minimum absolute atomic E-state index is 0.104. The van der Waals surface area contributed by atoms with Gasteiger partial charge in [0.25, 0.3) is 0 Å². The minimum Gasteiger partial charge on any atom is -0.544 e. The molecule has 0 saturated carbocycles. The third-order valence-corrected chi connectivity index (χ3v) is 17.7. The van der Waals surface area contributed by atoms with Crippen molar-refractivity contribution < 1.29 is 18.1 Å². The number of rotatable bonds is 12. The minimum atomic E-state index is -1.86. The molecule has 1 aromatic heterocycles. The van der Waals surface area contributed by atoms with Crippen molar-refractivity contribution in [3.8, 4) is 11.5 Å². The summed E-state index contributed by atoms with van der Waals surface area (Å²) >= 11 is 0. The van der Waals surface area contributed by atoms with Crippen LogP contribution in [-0.4, -0.2) is 22.4 Å². The van der Waals surface area contributed by atoms with Gasteiger partial charge in [-0.15, -0.1) is 0 Å². The molecule has 0 radical (unpaired) electrons. The van der Waals surface area contributed by atoms with Crippen molar-refractivity contribution >= 4 is 28.0 Å². The molecule has 0 amide bonds. The first-order valence-electron chi connectivity index (χ1n) is 15.2. The molecule has 6 heteroatoms. The van der Waals surface area contributed by atoms with Gasteiger partial charge in [-0.05, 0) is 115 Å². The Morgan fingerprint density at radius 2 is 1.14 bits per heavy atom. The number of hydrogen-bond acceptors (Lipinski definition) is 4. The summed E-state index contributed by atoms with van der Waals surface area (Å²) in [5, 5.41) is 0.330. The molecule has 4 nitrogen and oxygen atoms in total. The van der Waals surface area contributed by atoms with E-state index in [0.29, 0.717) is 12.8 Å². The monoisotopic (exact) mass is 604 g/mol. The topological polar surface area (TPSA) is 48.7 Å². The zero-order valence-corrected chi connectivity index (χ0v) is 29.8. The summed E-state index contributed by atoms with van der Waals surface area (Å²) < 4.78 is 18.9. The Morgan fingerprint density at radius 1 is 0.690 bits per heavy atom. The predicted octanol–water partition coefficient (Wildman–Crippen LogP) is 10.4. The summed E-state index contributed by atoms with van der Waals surface area (Å²) in [7, 11) is -3.70. The highest BCUT2D eigenvalue weighted by Gasteiger charge is 2.39. The van der Waals surface area contributed by atoms with Crippen LogP contribution in [0.25, 0.3) is 5.57 Å². The van der Waals surface area contributed by atoms with Crippen LogP contribution in [-0.2, 0) is 24.1 Å². The van der Waals surface area contributed by atoms with E-state index in [9.17, 15) is 4.79 Å². The molecule has 0 N–H and O–H groups in total. The lowest BCUT2D eigenvalue weighted by atomic mass is 10.1. The molecule has 3 rings (SSSR count). The number of carbonyl (C=O) groups is 1. The average Bonchev–Trinajstić information content (AvgIpc) is 3.35. The van der Waals surface area contributed by atoms with Crippen LogP contribution < -0.4 is 8.85 Å². The summed E-state index contributed by atoms with van der Waals surface area (Å²) in [5.74, 6) is 3.64. The number of aryl methyl sites for hydroxylation is 3. The van der Waals surface area contributed by atoms with Crippen LogP contribution in [0.2, 0.25) is 36.3 Å². The fraction of sp³-hybridized carbons (Fsp3) is 0.472. The van der Waals surface area contributed by atoms with Gasteiger partial charge < -0.3 is 13.3 Å². The largest absolute Gasteiger partial charge is 0.544 e. The first kappa shape index (κ1) is 33.7. The van der Waals surface area contributed by atoms with E-state index >= 15 is 0 Å². The molecule has 1 heterocycles. The molecule has 0 atom stereocenters. The molecule has 228 valence electrons. The predicted molar refractivity (Wildman–Crippen MR) is 182 cm³/mol. The van der Waals surface area contributed by atoms with Gasteiger partial charge in [-0.2, -0.15) is 0 Å². The van der Waals surface area contributed by atoms with Crippen LogP contribution in [0, 0.1) is 0 Å². The lowest BCUT2D eigenvalue weighted by molar-refractivity contribution is -0.114. The van der Waals surface area contributed by atoms with E-state index in [4.69, 9.17) is 13.3 Å². The second kappa shape index (κ2) is 13.2. The van der Waals surface area contributed by atoms with Crippen LogP contribution in [0.4, 0.5) is 0 Å². The summed E-state index contributed by atoms with van der Waals surface area (Å²) in [6, 6.07) is 20.6. The Kier molecular flexibility index (Phi) is 10.6. The molecular formula is C36H52O4Si2. The molecule has 2 aromatic carbocycles. The Labute approximate surface area is 256 Å². The number of allylic oxidation sites excluding steroid dienone is 2. The Bertz CT molecular complexity index is 1350. The Morgan fingerprint density at radius 3 is 1.60 bits per heavy atom. The number of carbonyl (C=O) groups excluding carboxylic acids is 1.